The van der Waals surface area contributed by atoms with Gasteiger partial charge in [0.15, 0.2) is 5.82 Å². The molecule has 1 unspecified atom stereocenters. The van der Waals surface area contributed by atoms with Crippen LogP contribution in [0.15, 0.2) is 30.6 Å². The van der Waals surface area contributed by atoms with E-state index >= 15 is 0 Å². The van der Waals surface area contributed by atoms with Crippen LogP contribution in [-0.2, 0) is 7.05 Å². The Morgan fingerprint density at radius 3 is 2.46 bits per heavy atom. The minimum atomic E-state index is -0.0908. The zero-order valence-corrected chi connectivity index (χ0v) is 15.4. The van der Waals surface area contributed by atoms with Crippen LogP contribution in [0.1, 0.15) is 51.4 Å². The van der Waals surface area contributed by atoms with Gasteiger partial charge in [0.2, 0.25) is 0 Å². The molecule has 4 rings (SSSR count). The monoisotopic (exact) mass is 353 g/mol. The summed E-state index contributed by atoms with van der Waals surface area (Å²) < 4.78 is 1.68. The highest BCUT2D eigenvalue weighted by atomic mass is 16.2. The number of hydrogen-bond donors (Lipinski definition) is 2. The summed E-state index contributed by atoms with van der Waals surface area (Å²) in [6.07, 6.45) is 11.7. The largest absolute Gasteiger partial charge is 0.335 e. The Labute approximate surface area is 154 Å². The van der Waals surface area contributed by atoms with Crippen LogP contribution in [0, 0.1) is 5.41 Å². The van der Waals surface area contributed by atoms with Gasteiger partial charge in [0.1, 0.15) is 6.33 Å². The van der Waals surface area contributed by atoms with E-state index in [9.17, 15) is 4.79 Å². The standard InChI is InChI=1S/C20H27N5O/c1-25-14-21-18(24-25)15-7-9-16(10-8-15)22-19(26)23-17-6-2-3-11-20(17)12-4-5-13-20/h7-10,14,17H,2-6,11-13H2,1H3,(H2,22,23,26). The van der Waals surface area contributed by atoms with Gasteiger partial charge < -0.3 is 10.6 Å². The number of aryl methyl sites for hydroxylation is 1. The average molecular weight is 353 g/mol. The zero-order valence-electron chi connectivity index (χ0n) is 15.4. The summed E-state index contributed by atoms with van der Waals surface area (Å²) in [6.45, 7) is 0. The van der Waals surface area contributed by atoms with Crippen LogP contribution in [0.3, 0.4) is 0 Å². The third-order valence-electron chi connectivity index (χ3n) is 6.06. The summed E-state index contributed by atoms with van der Waals surface area (Å²) in [4.78, 5) is 16.8. The molecule has 2 N–H and O–H groups in total. The van der Waals surface area contributed by atoms with E-state index in [-0.39, 0.29) is 6.03 Å². The van der Waals surface area contributed by atoms with E-state index in [0.717, 1.165) is 17.7 Å². The molecule has 2 fully saturated rings. The lowest BCUT2D eigenvalue weighted by atomic mass is 9.69. The van der Waals surface area contributed by atoms with Crippen molar-refractivity contribution in [2.24, 2.45) is 12.5 Å². The van der Waals surface area contributed by atoms with Gasteiger partial charge in [-0.2, -0.15) is 5.10 Å². The van der Waals surface area contributed by atoms with Gasteiger partial charge in [0, 0.05) is 24.3 Å². The highest BCUT2D eigenvalue weighted by Gasteiger charge is 2.43. The molecule has 2 amide bonds. The summed E-state index contributed by atoms with van der Waals surface area (Å²) in [5.74, 6) is 0.689. The minimum Gasteiger partial charge on any atom is -0.335 e. The van der Waals surface area contributed by atoms with Crippen molar-refractivity contribution in [1.82, 2.24) is 20.1 Å². The van der Waals surface area contributed by atoms with Crippen molar-refractivity contribution < 1.29 is 4.79 Å². The number of carbonyl (C=O) groups excluding carboxylic acids is 1. The van der Waals surface area contributed by atoms with Crippen molar-refractivity contribution in [3.63, 3.8) is 0 Å². The van der Waals surface area contributed by atoms with E-state index in [1.54, 1.807) is 11.0 Å². The predicted octanol–water partition coefficient (Wildman–Crippen LogP) is 4.11. The highest BCUT2D eigenvalue weighted by molar-refractivity contribution is 5.89. The molecule has 6 heteroatoms. The Hall–Kier alpha value is -2.37. The first-order chi connectivity index (χ1) is 12.6. The van der Waals surface area contributed by atoms with Crippen LogP contribution in [0.25, 0.3) is 11.4 Å². The molecule has 0 aliphatic heterocycles. The van der Waals surface area contributed by atoms with Crippen LogP contribution in [0.2, 0.25) is 0 Å². The summed E-state index contributed by atoms with van der Waals surface area (Å²) in [5.41, 5.74) is 2.08. The van der Waals surface area contributed by atoms with E-state index in [0.29, 0.717) is 17.3 Å². The van der Waals surface area contributed by atoms with E-state index in [2.05, 4.69) is 20.7 Å². The van der Waals surface area contributed by atoms with Gasteiger partial charge in [-0.25, -0.2) is 9.78 Å². The molecule has 1 atom stereocenters. The molecule has 138 valence electrons. The second-order valence-corrected chi connectivity index (χ2v) is 7.79. The predicted molar refractivity (Wildman–Crippen MR) is 102 cm³/mol. The zero-order chi connectivity index (χ0) is 18.0. The van der Waals surface area contributed by atoms with Crippen LogP contribution in [-0.4, -0.2) is 26.8 Å². The number of anilines is 1. The Kier molecular flexibility index (Phi) is 4.66. The van der Waals surface area contributed by atoms with Gasteiger partial charge in [-0.15, -0.1) is 0 Å². The van der Waals surface area contributed by atoms with E-state index in [4.69, 9.17) is 0 Å². The molecule has 0 bridgehead atoms. The molecule has 26 heavy (non-hydrogen) atoms. The van der Waals surface area contributed by atoms with Gasteiger partial charge in [0.25, 0.3) is 0 Å². The quantitative estimate of drug-likeness (QED) is 0.872. The number of hydrogen-bond acceptors (Lipinski definition) is 3. The number of rotatable bonds is 3. The number of nitrogens with one attached hydrogen (secondary N) is 2. The smallest absolute Gasteiger partial charge is 0.319 e. The normalized spacial score (nSPS) is 21.7. The fourth-order valence-electron chi connectivity index (χ4n) is 4.71. The number of aromatic nitrogens is 3. The van der Waals surface area contributed by atoms with Gasteiger partial charge in [-0.1, -0.05) is 25.7 Å². The number of carbonyl (C=O) groups is 1. The SMILES string of the molecule is Cn1cnc(-c2ccc(NC(=O)NC3CCCCC34CCCC4)cc2)n1. The van der Waals surface area contributed by atoms with E-state index in [1.165, 1.54) is 44.9 Å². The summed E-state index contributed by atoms with van der Waals surface area (Å²) in [5, 5.41) is 10.6. The number of benzene rings is 1. The van der Waals surface area contributed by atoms with Gasteiger partial charge in [-0.3, -0.25) is 4.68 Å². The maximum absolute atomic E-state index is 12.5. The first-order valence-electron chi connectivity index (χ1n) is 9.68. The second-order valence-electron chi connectivity index (χ2n) is 7.79. The lowest BCUT2D eigenvalue weighted by Gasteiger charge is -2.42. The first kappa shape index (κ1) is 17.1. The topological polar surface area (TPSA) is 71.8 Å². The maximum Gasteiger partial charge on any atom is 0.319 e. The van der Waals surface area contributed by atoms with Crippen LogP contribution in [0.5, 0.6) is 0 Å². The summed E-state index contributed by atoms with van der Waals surface area (Å²) in [6, 6.07) is 7.89. The fourth-order valence-corrected chi connectivity index (χ4v) is 4.71. The van der Waals surface area contributed by atoms with Crippen molar-refractivity contribution in [3.05, 3.63) is 30.6 Å². The van der Waals surface area contributed by atoms with Gasteiger partial charge >= 0.3 is 6.03 Å². The lowest BCUT2D eigenvalue weighted by molar-refractivity contribution is 0.136. The van der Waals surface area contributed by atoms with Crippen molar-refractivity contribution in [1.29, 1.82) is 0 Å². The van der Waals surface area contributed by atoms with Crippen LogP contribution >= 0.6 is 0 Å². The Balaban J connectivity index is 1.38. The Morgan fingerprint density at radius 1 is 1.12 bits per heavy atom. The molecule has 2 aliphatic rings. The minimum absolute atomic E-state index is 0.0908. The molecule has 1 spiro atoms. The molecular formula is C20H27N5O. The molecule has 1 aromatic heterocycles. The van der Waals surface area contributed by atoms with Crippen LogP contribution < -0.4 is 10.6 Å². The van der Waals surface area contributed by atoms with Gasteiger partial charge in [0.05, 0.1) is 0 Å². The molecule has 1 heterocycles. The highest BCUT2D eigenvalue weighted by Crippen LogP contribution is 2.49. The van der Waals surface area contributed by atoms with Crippen molar-refractivity contribution in [2.75, 3.05) is 5.32 Å². The van der Waals surface area contributed by atoms with Gasteiger partial charge in [-0.05, 0) is 55.4 Å². The molecule has 6 nitrogen and oxygen atoms in total. The molecule has 0 radical (unpaired) electrons. The number of nitrogens with zero attached hydrogens (tertiary/aromatic N) is 3. The Morgan fingerprint density at radius 2 is 1.81 bits per heavy atom. The van der Waals surface area contributed by atoms with Crippen molar-refractivity contribution >= 4 is 11.7 Å². The van der Waals surface area contributed by atoms with E-state index in [1.807, 2.05) is 31.3 Å². The number of urea groups is 1. The molecule has 2 aliphatic carbocycles. The third-order valence-corrected chi connectivity index (χ3v) is 6.06. The maximum atomic E-state index is 12.5. The Bertz CT molecular complexity index is 761. The third kappa shape index (κ3) is 3.45. The second kappa shape index (κ2) is 7.09. The molecule has 0 saturated heterocycles. The average Bonchev–Trinajstić information content (AvgIpc) is 3.28. The van der Waals surface area contributed by atoms with E-state index < -0.39 is 0 Å². The number of amides is 2. The van der Waals surface area contributed by atoms with Crippen molar-refractivity contribution in [2.45, 2.75) is 57.4 Å². The summed E-state index contributed by atoms with van der Waals surface area (Å²) in [7, 11) is 1.85. The van der Waals surface area contributed by atoms with Crippen LogP contribution in [0.4, 0.5) is 10.5 Å². The van der Waals surface area contributed by atoms with Crippen molar-refractivity contribution in [3.8, 4) is 11.4 Å². The first-order valence-corrected chi connectivity index (χ1v) is 9.68. The fraction of sp³-hybridized carbons (Fsp3) is 0.550. The lowest BCUT2D eigenvalue weighted by Crippen LogP contribution is -2.49. The molecule has 2 aromatic rings. The molecular weight excluding hydrogens is 326 g/mol. The molecule has 2 saturated carbocycles. The molecule has 1 aromatic carbocycles. The summed E-state index contributed by atoms with van der Waals surface area (Å²) >= 11 is 0.